The van der Waals surface area contributed by atoms with Gasteiger partial charge in [-0.05, 0) is 31.0 Å². The fourth-order valence-electron chi connectivity index (χ4n) is 2.75. The van der Waals surface area contributed by atoms with Gasteiger partial charge in [-0.3, -0.25) is 0 Å². The molecular weight excluding hydrogens is 298 g/mol. The Labute approximate surface area is 135 Å². The van der Waals surface area contributed by atoms with Gasteiger partial charge in [0.15, 0.2) is 0 Å². The zero-order valence-corrected chi connectivity index (χ0v) is 13.1. The van der Waals surface area contributed by atoms with E-state index in [4.69, 9.17) is 11.6 Å². The number of hydrogen-bond donors (Lipinski definition) is 2. The van der Waals surface area contributed by atoms with Gasteiger partial charge in [0.1, 0.15) is 5.15 Å². The summed E-state index contributed by atoms with van der Waals surface area (Å²) in [5, 5.41) is 13.6. The third-order valence-corrected chi connectivity index (χ3v) is 4.36. The molecule has 0 spiro atoms. The van der Waals surface area contributed by atoms with E-state index in [9.17, 15) is 5.11 Å². The molecule has 0 bridgehead atoms. The van der Waals surface area contributed by atoms with Crippen molar-refractivity contribution < 1.29 is 5.11 Å². The third-order valence-electron chi connectivity index (χ3n) is 4.01. The van der Waals surface area contributed by atoms with Crippen molar-refractivity contribution in [2.45, 2.75) is 25.5 Å². The van der Waals surface area contributed by atoms with Gasteiger partial charge in [0.2, 0.25) is 0 Å². The molecule has 1 aromatic carbocycles. The fraction of sp³-hybridized carbons (Fsp3) is 0.353. The van der Waals surface area contributed by atoms with Gasteiger partial charge in [0.05, 0.1) is 17.5 Å². The molecule has 1 saturated heterocycles. The van der Waals surface area contributed by atoms with E-state index in [0.717, 1.165) is 37.2 Å². The van der Waals surface area contributed by atoms with Crippen LogP contribution in [-0.2, 0) is 6.54 Å². The number of halogens is 1. The number of benzene rings is 1. The molecule has 0 aliphatic carbocycles. The SMILES string of the molecule is OC1CCN(c2ccccc2NCc2cccnc2Cl)CC1. The van der Waals surface area contributed by atoms with Crippen LogP contribution in [0.1, 0.15) is 18.4 Å². The molecule has 2 aromatic rings. The van der Waals surface area contributed by atoms with Crippen LogP contribution in [0.5, 0.6) is 0 Å². The number of para-hydroxylation sites is 2. The molecule has 0 radical (unpaired) electrons. The van der Waals surface area contributed by atoms with Crippen molar-refractivity contribution in [2.24, 2.45) is 0 Å². The van der Waals surface area contributed by atoms with Gasteiger partial charge in [0, 0.05) is 31.4 Å². The summed E-state index contributed by atoms with van der Waals surface area (Å²) in [6.07, 6.45) is 3.18. The highest BCUT2D eigenvalue weighted by atomic mass is 35.5. The molecule has 116 valence electrons. The molecule has 22 heavy (non-hydrogen) atoms. The van der Waals surface area contributed by atoms with Gasteiger partial charge >= 0.3 is 0 Å². The maximum absolute atomic E-state index is 9.66. The maximum atomic E-state index is 9.66. The number of aromatic nitrogens is 1. The quantitative estimate of drug-likeness (QED) is 0.849. The number of aliphatic hydroxyl groups excluding tert-OH is 1. The van der Waals surface area contributed by atoms with E-state index in [0.29, 0.717) is 11.7 Å². The van der Waals surface area contributed by atoms with Crippen molar-refractivity contribution in [1.82, 2.24) is 4.98 Å². The summed E-state index contributed by atoms with van der Waals surface area (Å²) in [6.45, 7) is 2.40. The minimum absolute atomic E-state index is 0.162. The van der Waals surface area contributed by atoms with Crippen LogP contribution >= 0.6 is 11.6 Å². The van der Waals surface area contributed by atoms with Crippen LogP contribution in [0.3, 0.4) is 0 Å². The molecule has 4 nitrogen and oxygen atoms in total. The lowest BCUT2D eigenvalue weighted by Crippen LogP contribution is -2.36. The molecule has 1 fully saturated rings. The van der Waals surface area contributed by atoms with Crippen LogP contribution < -0.4 is 10.2 Å². The van der Waals surface area contributed by atoms with Crippen molar-refractivity contribution in [2.75, 3.05) is 23.3 Å². The third kappa shape index (κ3) is 3.51. The lowest BCUT2D eigenvalue weighted by molar-refractivity contribution is 0.145. The number of rotatable bonds is 4. The van der Waals surface area contributed by atoms with Gasteiger partial charge in [-0.15, -0.1) is 0 Å². The molecular formula is C17H20ClN3O. The lowest BCUT2D eigenvalue weighted by atomic mass is 10.1. The average molecular weight is 318 g/mol. The van der Waals surface area contributed by atoms with E-state index in [-0.39, 0.29) is 6.10 Å². The number of anilines is 2. The van der Waals surface area contributed by atoms with E-state index in [1.54, 1.807) is 6.20 Å². The van der Waals surface area contributed by atoms with Crippen LogP contribution in [0.15, 0.2) is 42.6 Å². The zero-order chi connectivity index (χ0) is 15.4. The van der Waals surface area contributed by atoms with Crippen LogP contribution in [0.25, 0.3) is 0 Å². The minimum Gasteiger partial charge on any atom is -0.393 e. The second kappa shape index (κ2) is 6.99. The summed E-state index contributed by atoms with van der Waals surface area (Å²) in [7, 11) is 0. The highest BCUT2D eigenvalue weighted by molar-refractivity contribution is 6.30. The molecule has 3 rings (SSSR count). The predicted molar refractivity (Wildman–Crippen MR) is 90.5 cm³/mol. The van der Waals surface area contributed by atoms with E-state index in [2.05, 4.69) is 27.3 Å². The molecule has 2 heterocycles. The molecule has 2 N–H and O–H groups in total. The highest BCUT2D eigenvalue weighted by Gasteiger charge is 2.19. The molecule has 0 amide bonds. The summed E-state index contributed by atoms with van der Waals surface area (Å²) >= 11 is 6.11. The van der Waals surface area contributed by atoms with Crippen molar-refractivity contribution in [3.05, 3.63) is 53.3 Å². The van der Waals surface area contributed by atoms with Crippen LogP contribution in [-0.4, -0.2) is 29.3 Å². The van der Waals surface area contributed by atoms with Gasteiger partial charge in [-0.25, -0.2) is 4.98 Å². The Hall–Kier alpha value is -1.78. The molecule has 1 aliphatic rings. The van der Waals surface area contributed by atoms with Gasteiger partial charge in [0.25, 0.3) is 0 Å². The molecule has 0 saturated carbocycles. The first-order chi connectivity index (χ1) is 10.7. The Morgan fingerprint density at radius 2 is 1.95 bits per heavy atom. The predicted octanol–water partition coefficient (Wildman–Crippen LogP) is 3.31. The standard InChI is InChI=1S/C17H20ClN3O/c18-17-13(4-3-9-19-17)12-20-15-5-1-2-6-16(15)21-10-7-14(22)8-11-21/h1-6,9,14,20,22H,7-8,10-12H2. The van der Waals surface area contributed by atoms with Crippen LogP contribution in [0.2, 0.25) is 5.15 Å². The Morgan fingerprint density at radius 3 is 2.73 bits per heavy atom. The average Bonchev–Trinajstić information content (AvgIpc) is 2.55. The number of nitrogens with zero attached hydrogens (tertiary/aromatic N) is 2. The summed E-state index contributed by atoms with van der Waals surface area (Å²) < 4.78 is 0. The first kappa shape index (κ1) is 15.1. The van der Waals surface area contributed by atoms with E-state index >= 15 is 0 Å². The summed E-state index contributed by atoms with van der Waals surface area (Å²) in [5.41, 5.74) is 3.24. The van der Waals surface area contributed by atoms with E-state index in [1.807, 2.05) is 24.3 Å². The Bertz CT molecular complexity index is 627. The first-order valence-corrected chi connectivity index (χ1v) is 7.97. The second-order valence-corrected chi connectivity index (χ2v) is 5.90. The van der Waals surface area contributed by atoms with Crippen LogP contribution in [0, 0.1) is 0 Å². The minimum atomic E-state index is -0.162. The molecule has 0 atom stereocenters. The van der Waals surface area contributed by atoms with Gasteiger partial charge in [-0.2, -0.15) is 0 Å². The summed E-state index contributed by atoms with van der Waals surface area (Å²) in [4.78, 5) is 6.42. The number of pyridine rings is 1. The number of piperidine rings is 1. The molecule has 1 aromatic heterocycles. The van der Waals surface area contributed by atoms with Crippen molar-refractivity contribution >= 4 is 23.0 Å². The fourth-order valence-corrected chi connectivity index (χ4v) is 2.93. The monoisotopic (exact) mass is 317 g/mol. The number of aliphatic hydroxyl groups is 1. The summed E-state index contributed by atoms with van der Waals surface area (Å²) in [5.74, 6) is 0. The van der Waals surface area contributed by atoms with Gasteiger partial charge < -0.3 is 15.3 Å². The smallest absolute Gasteiger partial charge is 0.133 e. The number of nitrogens with one attached hydrogen (secondary N) is 1. The normalized spacial score (nSPS) is 15.8. The Kier molecular flexibility index (Phi) is 4.80. The molecule has 1 aliphatic heterocycles. The second-order valence-electron chi connectivity index (χ2n) is 5.54. The van der Waals surface area contributed by atoms with Crippen LogP contribution in [0.4, 0.5) is 11.4 Å². The topological polar surface area (TPSA) is 48.4 Å². The number of hydrogen-bond acceptors (Lipinski definition) is 4. The zero-order valence-electron chi connectivity index (χ0n) is 12.4. The van der Waals surface area contributed by atoms with Gasteiger partial charge in [-0.1, -0.05) is 29.8 Å². The largest absolute Gasteiger partial charge is 0.393 e. The van der Waals surface area contributed by atoms with E-state index < -0.39 is 0 Å². The Morgan fingerprint density at radius 1 is 1.18 bits per heavy atom. The van der Waals surface area contributed by atoms with Crippen molar-refractivity contribution in [3.8, 4) is 0 Å². The Balaban J connectivity index is 1.73. The first-order valence-electron chi connectivity index (χ1n) is 7.59. The molecule has 0 unspecified atom stereocenters. The highest BCUT2D eigenvalue weighted by Crippen LogP contribution is 2.29. The maximum Gasteiger partial charge on any atom is 0.133 e. The van der Waals surface area contributed by atoms with E-state index in [1.165, 1.54) is 5.69 Å². The van der Waals surface area contributed by atoms with Crippen molar-refractivity contribution in [1.29, 1.82) is 0 Å². The lowest BCUT2D eigenvalue weighted by Gasteiger charge is -2.33. The van der Waals surface area contributed by atoms with Crippen molar-refractivity contribution in [3.63, 3.8) is 0 Å². The molecule has 5 heteroatoms. The summed E-state index contributed by atoms with van der Waals surface area (Å²) in [6, 6.07) is 12.1.